The molecule has 2 unspecified atom stereocenters. The summed E-state index contributed by atoms with van der Waals surface area (Å²) in [4.78, 5) is 33.9. The molecule has 5 aliphatic carbocycles. The maximum atomic E-state index is 13.5. The van der Waals surface area contributed by atoms with Crippen LogP contribution in [0.4, 0.5) is 10.7 Å². The van der Waals surface area contributed by atoms with Crippen LogP contribution in [0.25, 0.3) is 0 Å². The highest BCUT2D eigenvalue weighted by atomic mass is 16.6. The maximum absolute atomic E-state index is 13.5. The van der Waals surface area contributed by atoms with Crippen molar-refractivity contribution in [3.63, 3.8) is 0 Å². The van der Waals surface area contributed by atoms with Gasteiger partial charge in [0.15, 0.2) is 0 Å². The smallest absolute Gasteiger partial charge is 0.407 e. The van der Waals surface area contributed by atoms with E-state index in [1.165, 1.54) is 0 Å². The summed E-state index contributed by atoms with van der Waals surface area (Å²) in [5, 5.41) is 20.0. The minimum Gasteiger partial charge on any atom is -0.442 e. The predicted molar refractivity (Wildman–Crippen MR) is 120 cm³/mol. The van der Waals surface area contributed by atoms with Crippen molar-refractivity contribution in [2.75, 3.05) is 18.4 Å². The van der Waals surface area contributed by atoms with Gasteiger partial charge in [-0.25, -0.2) is 14.8 Å². The average molecular weight is 456 g/mol. The first-order chi connectivity index (χ1) is 16.0. The highest BCUT2D eigenvalue weighted by molar-refractivity contribution is 5.95. The van der Waals surface area contributed by atoms with Crippen LogP contribution in [0.1, 0.15) is 79.8 Å². The predicted octanol–water partition coefficient (Wildman–Crippen LogP) is 2.32. The van der Waals surface area contributed by atoms with Crippen molar-refractivity contribution < 1.29 is 19.4 Å². The fourth-order valence-electron chi connectivity index (χ4n) is 7.36. The molecule has 6 aliphatic rings. The molecule has 33 heavy (non-hydrogen) atoms. The number of alkyl carbamates (subject to hydrolysis) is 1. The van der Waals surface area contributed by atoms with Crippen LogP contribution in [0.5, 0.6) is 0 Å². The molecule has 5 saturated carbocycles. The molecule has 2 amide bonds. The molecule has 3 atom stereocenters. The van der Waals surface area contributed by atoms with Gasteiger partial charge in [0.25, 0.3) is 5.91 Å². The Bertz CT molecular complexity index is 933. The SMILES string of the molecule is O=C1NC[C@@H](CNc2ncc(C(=O)N[C@H]3C4CC5CC3C[C@@](O)(C5)C4)c(C3CCCC3)n2)O1. The molecule has 7 rings (SSSR count). The Labute approximate surface area is 193 Å². The molecule has 4 bridgehead atoms. The number of nitrogens with one attached hydrogen (secondary N) is 3. The van der Waals surface area contributed by atoms with E-state index in [-0.39, 0.29) is 24.0 Å². The normalized spacial score (nSPS) is 37.1. The van der Waals surface area contributed by atoms with Crippen LogP contribution in [-0.2, 0) is 4.74 Å². The lowest BCUT2D eigenvalue weighted by atomic mass is 9.52. The minimum atomic E-state index is -0.508. The summed E-state index contributed by atoms with van der Waals surface area (Å²) in [6.07, 6.45) is 10.1. The molecule has 0 aromatic carbocycles. The lowest BCUT2D eigenvalue weighted by Gasteiger charge is -2.58. The van der Waals surface area contributed by atoms with Gasteiger partial charge in [0.2, 0.25) is 5.95 Å². The number of hydrogen-bond acceptors (Lipinski definition) is 7. The molecule has 0 spiro atoms. The number of amides is 2. The second-order valence-electron chi connectivity index (χ2n) is 11.0. The second-order valence-corrected chi connectivity index (χ2v) is 11.0. The van der Waals surface area contributed by atoms with E-state index in [4.69, 9.17) is 9.72 Å². The zero-order chi connectivity index (χ0) is 22.6. The third-order valence-electron chi connectivity index (χ3n) is 8.58. The van der Waals surface area contributed by atoms with Gasteiger partial charge in [-0.1, -0.05) is 12.8 Å². The maximum Gasteiger partial charge on any atom is 0.407 e. The van der Waals surface area contributed by atoms with Gasteiger partial charge in [-0.15, -0.1) is 0 Å². The number of hydrogen-bond donors (Lipinski definition) is 4. The van der Waals surface area contributed by atoms with Gasteiger partial charge in [-0.2, -0.15) is 0 Å². The number of nitrogens with zero attached hydrogens (tertiary/aromatic N) is 2. The molecule has 0 radical (unpaired) electrons. The van der Waals surface area contributed by atoms with Crippen molar-refractivity contribution in [1.82, 2.24) is 20.6 Å². The summed E-state index contributed by atoms with van der Waals surface area (Å²) in [6.45, 7) is 0.880. The fraction of sp³-hybridized carbons (Fsp3) is 0.750. The van der Waals surface area contributed by atoms with Crippen molar-refractivity contribution in [2.24, 2.45) is 17.8 Å². The third kappa shape index (κ3) is 4.05. The Kier molecular flexibility index (Phi) is 5.19. The number of anilines is 1. The summed E-state index contributed by atoms with van der Waals surface area (Å²) in [5.74, 6) is 1.99. The van der Waals surface area contributed by atoms with Crippen LogP contribution >= 0.6 is 0 Å². The number of cyclic esters (lactones) is 1. The lowest BCUT2D eigenvalue weighted by Crippen LogP contribution is -2.61. The zero-order valence-corrected chi connectivity index (χ0v) is 18.9. The standard InChI is InChI=1S/C24H33N5O4/c30-21(28-19-15-5-13-6-16(19)9-24(32,7-13)8-15)18-12-26-22(25-10-17-11-27-23(31)33-17)29-20(18)14-3-1-2-4-14/h12-17,19,32H,1-11H2,(H,27,31)(H,28,30)(H,25,26,29)/t13?,15?,16?,17-,19-,24+/m1/s1. The van der Waals surface area contributed by atoms with E-state index in [0.29, 0.717) is 42.4 Å². The van der Waals surface area contributed by atoms with Crippen LogP contribution in [-0.4, -0.2) is 57.9 Å². The molecule has 1 saturated heterocycles. The molecule has 1 aliphatic heterocycles. The molecule has 178 valence electrons. The monoisotopic (exact) mass is 455 g/mol. The highest BCUT2D eigenvalue weighted by Crippen LogP contribution is 2.55. The van der Waals surface area contributed by atoms with Gasteiger partial charge in [-0.3, -0.25) is 4.79 Å². The lowest BCUT2D eigenvalue weighted by molar-refractivity contribution is -0.136. The molecule has 6 fully saturated rings. The Morgan fingerprint density at radius 3 is 2.64 bits per heavy atom. The number of ether oxygens (including phenoxy) is 1. The van der Waals surface area contributed by atoms with Crippen molar-refractivity contribution >= 4 is 17.9 Å². The van der Waals surface area contributed by atoms with Gasteiger partial charge >= 0.3 is 6.09 Å². The molecular formula is C24H33N5O4. The van der Waals surface area contributed by atoms with E-state index in [1.807, 2.05) is 0 Å². The van der Waals surface area contributed by atoms with Gasteiger partial charge in [-0.05, 0) is 62.7 Å². The second kappa shape index (κ2) is 8.11. The number of aliphatic hydroxyl groups is 1. The molecular weight excluding hydrogens is 422 g/mol. The quantitative estimate of drug-likeness (QED) is 0.519. The molecule has 9 nitrogen and oxygen atoms in total. The van der Waals surface area contributed by atoms with E-state index < -0.39 is 11.7 Å². The molecule has 1 aromatic rings. The van der Waals surface area contributed by atoms with Gasteiger partial charge < -0.3 is 25.8 Å². The van der Waals surface area contributed by atoms with E-state index in [2.05, 4.69) is 20.9 Å². The van der Waals surface area contributed by atoms with Gasteiger partial charge in [0.05, 0.1) is 29.9 Å². The van der Waals surface area contributed by atoms with Crippen LogP contribution in [0.3, 0.4) is 0 Å². The first kappa shape index (κ1) is 21.1. The topological polar surface area (TPSA) is 125 Å². The van der Waals surface area contributed by atoms with Crippen LogP contribution in [0.15, 0.2) is 6.20 Å². The Morgan fingerprint density at radius 2 is 1.97 bits per heavy atom. The summed E-state index contributed by atoms with van der Waals surface area (Å²) in [6, 6.07) is 0.133. The first-order valence-electron chi connectivity index (χ1n) is 12.5. The third-order valence-corrected chi connectivity index (χ3v) is 8.58. The first-order valence-corrected chi connectivity index (χ1v) is 12.5. The number of carbonyl (C=O) groups is 2. The van der Waals surface area contributed by atoms with Crippen molar-refractivity contribution in [2.45, 2.75) is 81.5 Å². The van der Waals surface area contributed by atoms with Crippen LogP contribution in [0.2, 0.25) is 0 Å². The minimum absolute atomic E-state index is 0.0816. The Balaban J connectivity index is 1.19. The number of aromatic nitrogens is 2. The number of rotatable bonds is 6. The van der Waals surface area contributed by atoms with Crippen molar-refractivity contribution in [3.8, 4) is 0 Å². The molecule has 2 heterocycles. The highest BCUT2D eigenvalue weighted by Gasteiger charge is 2.55. The van der Waals surface area contributed by atoms with E-state index >= 15 is 0 Å². The number of carbonyl (C=O) groups excluding carboxylic acids is 2. The molecule has 4 N–H and O–H groups in total. The largest absolute Gasteiger partial charge is 0.442 e. The van der Waals surface area contributed by atoms with Crippen LogP contribution in [0, 0.1) is 17.8 Å². The summed E-state index contributed by atoms with van der Waals surface area (Å²) in [7, 11) is 0. The van der Waals surface area contributed by atoms with E-state index in [1.54, 1.807) is 6.20 Å². The molecule has 1 aromatic heterocycles. The summed E-state index contributed by atoms with van der Waals surface area (Å²) in [5.41, 5.74) is 0.896. The van der Waals surface area contributed by atoms with Crippen LogP contribution < -0.4 is 16.0 Å². The van der Waals surface area contributed by atoms with Crippen molar-refractivity contribution in [3.05, 3.63) is 17.5 Å². The zero-order valence-electron chi connectivity index (χ0n) is 18.9. The Morgan fingerprint density at radius 1 is 1.21 bits per heavy atom. The fourth-order valence-corrected chi connectivity index (χ4v) is 7.36. The average Bonchev–Trinajstić information content (AvgIpc) is 3.45. The summed E-state index contributed by atoms with van der Waals surface area (Å²) < 4.78 is 5.16. The van der Waals surface area contributed by atoms with Crippen molar-refractivity contribution in [1.29, 1.82) is 0 Å². The van der Waals surface area contributed by atoms with Gasteiger partial charge in [0.1, 0.15) is 6.10 Å². The molecule has 9 heteroatoms. The van der Waals surface area contributed by atoms with E-state index in [0.717, 1.165) is 63.5 Å². The van der Waals surface area contributed by atoms with E-state index in [9.17, 15) is 14.7 Å². The Hall–Kier alpha value is -2.42. The van der Waals surface area contributed by atoms with Gasteiger partial charge in [0, 0.05) is 18.2 Å². The summed E-state index contributed by atoms with van der Waals surface area (Å²) >= 11 is 0.